The van der Waals surface area contributed by atoms with E-state index in [4.69, 9.17) is 11.6 Å². The van der Waals surface area contributed by atoms with Crippen molar-refractivity contribution in [3.05, 3.63) is 40.8 Å². The van der Waals surface area contributed by atoms with Crippen LogP contribution >= 0.6 is 11.6 Å². The largest absolute Gasteiger partial charge is 0.298 e. The van der Waals surface area contributed by atoms with E-state index in [1.807, 2.05) is 4.68 Å². The van der Waals surface area contributed by atoms with Crippen molar-refractivity contribution in [2.75, 3.05) is 0 Å². The van der Waals surface area contributed by atoms with Crippen LogP contribution in [0.1, 0.15) is 42.1 Å². The second-order valence-corrected chi connectivity index (χ2v) is 5.51. The smallest absolute Gasteiger partial charge is 0.153 e. The first-order valence-corrected chi connectivity index (χ1v) is 7.06. The summed E-state index contributed by atoms with van der Waals surface area (Å²) >= 11 is 5.68. The molecular weight excluding hydrogens is 279 g/mol. The Kier molecular flexibility index (Phi) is 3.57. The molecule has 0 bridgehead atoms. The van der Waals surface area contributed by atoms with E-state index in [0.29, 0.717) is 22.9 Å². The minimum Gasteiger partial charge on any atom is -0.298 e. The van der Waals surface area contributed by atoms with Crippen molar-refractivity contribution in [1.29, 1.82) is 0 Å². The SMILES string of the molecule is O=Cc1cn(C2CCCC2)nc1-c1ccc(Cl)c(F)c1. The van der Waals surface area contributed by atoms with Gasteiger partial charge in [0, 0.05) is 11.8 Å². The van der Waals surface area contributed by atoms with E-state index in [2.05, 4.69) is 5.10 Å². The lowest BCUT2D eigenvalue weighted by atomic mass is 10.1. The van der Waals surface area contributed by atoms with Crippen molar-refractivity contribution in [1.82, 2.24) is 9.78 Å². The van der Waals surface area contributed by atoms with Crippen LogP contribution in [0.15, 0.2) is 24.4 Å². The third-order valence-electron chi connectivity index (χ3n) is 3.78. The zero-order chi connectivity index (χ0) is 14.1. The lowest BCUT2D eigenvalue weighted by Gasteiger charge is -2.08. The summed E-state index contributed by atoms with van der Waals surface area (Å²) in [7, 11) is 0. The maximum Gasteiger partial charge on any atom is 0.153 e. The Morgan fingerprint density at radius 3 is 2.75 bits per heavy atom. The summed E-state index contributed by atoms with van der Waals surface area (Å²) in [6.45, 7) is 0. The summed E-state index contributed by atoms with van der Waals surface area (Å²) in [4.78, 5) is 11.2. The van der Waals surface area contributed by atoms with Crippen LogP contribution in [0.2, 0.25) is 5.02 Å². The van der Waals surface area contributed by atoms with Crippen LogP contribution in [0.3, 0.4) is 0 Å². The highest BCUT2D eigenvalue weighted by molar-refractivity contribution is 6.30. The van der Waals surface area contributed by atoms with Crippen LogP contribution in [0, 0.1) is 5.82 Å². The number of hydrogen-bond donors (Lipinski definition) is 0. The number of rotatable bonds is 3. The van der Waals surface area contributed by atoms with Crippen molar-refractivity contribution < 1.29 is 9.18 Å². The molecule has 0 atom stereocenters. The Morgan fingerprint density at radius 1 is 1.35 bits per heavy atom. The summed E-state index contributed by atoms with van der Waals surface area (Å²) in [5, 5.41) is 4.55. The molecule has 5 heteroatoms. The number of benzene rings is 1. The van der Waals surface area contributed by atoms with Crippen molar-refractivity contribution in [2.45, 2.75) is 31.7 Å². The van der Waals surface area contributed by atoms with E-state index < -0.39 is 5.82 Å². The number of aldehydes is 1. The van der Waals surface area contributed by atoms with Gasteiger partial charge in [0.2, 0.25) is 0 Å². The Bertz CT molecular complexity index is 647. The van der Waals surface area contributed by atoms with Gasteiger partial charge in [0.1, 0.15) is 11.5 Å². The predicted molar refractivity (Wildman–Crippen MR) is 75.5 cm³/mol. The second-order valence-electron chi connectivity index (χ2n) is 5.10. The number of hydrogen-bond acceptors (Lipinski definition) is 2. The summed E-state index contributed by atoms with van der Waals surface area (Å²) in [5.41, 5.74) is 1.58. The highest BCUT2D eigenvalue weighted by Crippen LogP contribution is 2.32. The zero-order valence-electron chi connectivity index (χ0n) is 10.9. The average molecular weight is 293 g/mol. The van der Waals surface area contributed by atoms with Gasteiger partial charge in [-0.1, -0.05) is 30.5 Å². The van der Waals surface area contributed by atoms with E-state index in [1.165, 1.54) is 25.0 Å². The molecule has 104 valence electrons. The molecule has 0 unspecified atom stereocenters. The van der Waals surface area contributed by atoms with Gasteiger partial charge in [-0.15, -0.1) is 0 Å². The molecule has 0 amide bonds. The summed E-state index contributed by atoms with van der Waals surface area (Å²) in [6, 6.07) is 4.82. The van der Waals surface area contributed by atoms with E-state index in [9.17, 15) is 9.18 Å². The Balaban J connectivity index is 2.03. The Hall–Kier alpha value is -1.68. The van der Waals surface area contributed by atoms with Crippen LogP contribution in [0.4, 0.5) is 4.39 Å². The van der Waals surface area contributed by atoms with Gasteiger partial charge in [0.05, 0.1) is 16.6 Å². The molecule has 0 aliphatic heterocycles. The highest BCUT2D eigenvalue weighted by atomic mass is 35.5. The van der Waals surface area contributed by atoms with Gasteiger partial charge >= 0.3 is 0 Å². The molecule has 1 aromatic carbocycles. The van der Waals surface area contributed by atoms with Crippen LogP contribution in [0.5, 0.6) is 0 Å². The molecule has 1 heterocycles. The third-order valence-corrected chi connectivity index (χ3v) is 4.09. The molecule has 0 saturated heterocycles. The standard InChI is InChI=1S/C15H14ClFN2O/c16-13-6-5-10(7-14(13)17)15-11(9-20)8-19(18-15)12-3-1-2-4-12/h5-9,12H,1-4H2. The molecular formula is C15H14ClFN2O. The van der Waals surface area contributed by atoms with Crippen LogP contribution in [0.25, 0.3) is 11.3 Å². The van der Waals surface area contributed by atoms with Gasteiger partial charge in [0.15, 0.2) is 6.29 Å². The first kappa shape index (κ1) is 13.3. The molecule has 3 nitrogen and oxygen atoms in total. The Labute approximate surface area is 121 Å². The highest BCUT2D eigenvalue weighted by Gasteiger charge is 2.20. The minimum absolute atomic E-state index is 0.0663. The number of nitrogens with zero attached hydrogens (tertiary/aromatic N) is 2. The van der Waals surface area contributed by atoms with Crippen molar-refractivity contribution in [2.24, 2.45) is 0 Å². The van der Waals surface area contributed by atoms with Gasteiger partial charge in [-0.25, -0.2) is 4.39 Å². The molecule has 1 aromatic heterocycles. The normalized spacial score (nSPS) is 15.7. The second kappa shape index (κ2) is 5.37. The van der Waals surface area contributed by atoms with Crippen molar-refractivity contribution >= 4 is 17.9 Å². The quantitative estimate of drug-likeness (QED) is 0.792. The summed E-state index contributed by atoms with van der Waals surface area (Å²) < 4.78 is 15.4. The van der Waals surface area contributed by atoms with Crippen LogP contribution in [-0.2, 0) is 0 Å². The van der Waals surface area contributed by atoms with E-state index in [0.717, 1.165) is 19.1 Å². The van der Waals surface area contributed by atoms with Gasteiger partial charge in [-0.2, -0.15) is 5.10 Å². The fraction of sp³-hybridized carbons (Fsp3) is 0.333. The first-order valence-electron chi connectivity index (χ1n) is 6.69. The van der Waals surface area contributed by atoms with Crippen LogP contribution in [-0.4, -0.2) is 16.1 Å². The maximum absolute atomic E-state index is 13.6. The molecule has 0 spiro atoms. The number of carbonyl (C=O) groups excluding carboxylic acids is 1. The Morgan fingerprint density at radius 2 is 2.10 bits per heavy atom. The van der Waals surface area contributed by atoms with Gasteiger partial charge in [-0.05, 0) is 25.0 Å². The number of halogens is 2. The zero-order valence-corrected chi connectivity index (χ0v) is 11.6. The van der Waals surface area contributed by atoms with E-state index in [-0.39, 0.29) is 5.02 Å². The van der Waals surface area contributed by atoms with Crippen molar-refractivity contribution in [3.8, 4) is 11.3 Å². The lowest BCUT2D eigenvalue weighted by Crippen LogP contribution is -2.04. The average Bonchev–Trinajstić information content (AvgIpc) is 3.09. The fourth-order valence-corrected chi connectivity index (χ4v) is 2.83. The lowest BCUT2D eigenvalue weighted by molar-refractivity contribution is 0.112. The molecule has 1 aliphatic rings. The minimum atomic E-state index is -0.503. The first-order chi connectivity index (χ1) is 9.69. The topological polar surface area (TPSA) is 34.9 Å². The molecule has 1 saturated carbocycles. The van der Waals surface area contributed by atoms with Gasteiger partial charge in [-0.3, -0.25) is 9.48 Å². The molecule has 3 rings (SSSR count). The predicted octanol–water partition coefficient (Wildman–Crippen LogP) is 4.27. The molecule has 0 N–H and O–H groups in total. The molecule has 2 aromatic rings. The van der Waals surface area contributed by atoms with E-state index in [1.54, 1.807) is 12.3 Å². The molecule has 1 aliphatic carbocycles. The summed E-state index contributed by atoms with van der Waals surface area (Å²) in [6.07, 6.45) is 7.05. The third kappa shape index (κ3) is 2.36. The van der Waals surface area contributed by atoms with E-state index >= 15 is 0 Å². The monoisotopic (exact) mass is 292 g/mol. The van der Waals surface area contributed by atoms with Gasteiger partial charge < -0.3 is 0 Å². The molecule has 0 radical (unpaired) electrons. The number of aromatic nitrogens is 2. The van der Waals surface area contributed by atoms with Gasteiger partial charge in [0.25, 0.3) is 0 Å². The molecule has 1 fully saturated rings. The van der Waals surface area contributed by atoms with Crippen molar-refractivity contribution in [3.63, 3.8) is 0 Å². The van der Waals surface area contributed by atoms with Crippen LogP contribution < -0.4 is 0 Å². The maximum atomic E-state index is 13.6. The summed E-state index contributed by atoms with van der Waals surface area (Å²) in [5.74, 6) is -0.503. The fourth-order valence-electron chi connectivity index (χ4n) is 2.72. The molecule has 20 heavy (non-hydrogen) atoms. The number of carbonyl (C=O) groups is 1.